The number of aromatic carboxylic acids is 1. The molecule has 0 saturated heterocycles. The normalized spacial score (nSPS) is 10.2. The SMILES string of the molecule is Cc1ccc(Nc2c(C(=O)O)cc([N+](=O)[O-])cc2[N+](=O)[O-])c(C)c1. The van der Waals surface area contributed by atoms with Gasteiger partial charge in [-0.2, -0.15) is 0 Å². The van der Waals surface area contributed by atoms with Gasteiger partial charge in [0.15, 0.2) is 0 Å². The van der Waals surface area contributed by atoms with Crippen molar-refractivity contribution in [2.24, 2.45) is 0 Å². The fourth-order valence-electron chi connectivity index (χ4n) is 2.25. The molecule has 0 spiro atoms. The van der Waals surface area contributed by atoms with Gasteiger partial charge in [0.25, 0.3) is 11.4 Å². The molecule has 0 unspecified atom stereocenters. The van der Waals surface area contributed by atoms with Gasteiger partial charge in [0.05, 0.1) is 21.5 Å². The third-order valence-corrected chi connectivity index (χ3v) is 3.38. The smallest absolute Gasteiger partial charge is 0.338 e. The minimum absolute atomic E-state index is 0.301. The molecular weight excluding hydrogens is 318 g/mol. The molecule has 9 heteroatoms. The Bertz CT molecular complexity index is 827. The van der Waals surface area contributed by atoms with Crippen LogP contribution in [0.3, 0.4) is 0 Å². The van der Waals surface area contributed by atoms with Crippen molar-refractivity contribution in [1.82, 2.24) is 0 Å². The Morgan fingerprint density at radius 1 is 1.08 bits per heavy atom. The lowest BCUT2D eigenvalue weighted by atomic mass is 10.1. The van der Waals surface area contributed by atoms with Crippen molar-refractivity contribution in [3.8, 4) is 0 Å². The number of rotatable bonds is 5. The largest absolute Gasteiger partial charge is 0.478 e. The first-order valence-electron chi connectivity index (χ1n) is 6.75. The van der Waals surface area contributed by atoms with Crippen LogP contribution in [-0.2, 0) is 0 Å². The van der Waals surface area contributed by atoms with E-state index in [0.717, 1.165) is 23.3 Å². The number of nitro groups is 2. The van der Waals surface area contributed by atoms with Crippen molar-refractivity contribution in [3.05, 3.63) is 67.3 Å². The maximum Gasteiger partial charge on any atom is 0.338 e. The van der Waals surface area contributed by atoms with Gasteiger partial charge in [-0.1, -0.05) is 17.7 Å². The molecule has 0 saturated carbocycles. The predicted molar refractivity (Wildman–Crippen MR) is 85.9 cm³/mol. The standard InChI is InChI=1S/C15H13N3O6/c1-8-3-4-12(9(2)5-8)16-14-11(15(19)20)6-10(17(21)22)7-13(14)18(23)24/h3-7,16H,1-2H3,(H,19,20). The van der Waals surface area contributed by atoms with Crippen LogP contribution in [0.25, 0.3) is 0 Å². The number of anilines is 2. The molecule has 0 aliphatic rings. The highest BCUT2D eigenvalue weighted by Crippen LogP contribution is 2.36. The van der Waals surface area contributed by atoms with Gasteiger partial charge in [0, 0.05) is 11.8 Å². The van der Waals surface area contributed by atoms with Gasteiger partial charge in [0.1, 0.15) is 5.69 Å². The Kier molecular flexibility index (Phi) is 4.45. The van der Waals surface area contributed by atoms with Gasteiger partial charge >= 0.3 is 5.97 Å². The molecular formula is C15H13N3O6. The summed E-state index contributed by atoms with van der Waals surface area (Å²) >= 11 is 0. The average molecular weight is 331 g/mol. The molecule has 9 nitrogen and oxygen atoms in total. The highest BCUT2D eigenvalue weighted by molar-refractivity contribution is 5.99. The maximum atomic E-state index is 11.4. The summed E-state index contributed by atoms with van der Waals surface area (Å²) in [4.78, 5) is 31.8. The van der Waals surface area contributed by atoms with Crippen molar-refractivity contribution in [1.29, 1.82) is 0 Å². The fraction of sp³-hybridized carbons (Fsp3) is 0.133. The molecule has 24 heavy (non-hydrogen) atoms. The summed E-state index contributed by atoms with van der Waals surface area (Å²) in [5.74, 6) is -1.51. The number of nitrogens with one attached hydrogen (secondary N) is 1. The van der Waals surface area contributed by atoms with E-state index in [1.54, 1.807) is 19.1 Å². The van der Waals surface area contributed by atoms with E-state index >= 15 is 0 Å². The lowest BCUT2D eigenvalue weighted by Gasteiger charge is -2.13. The van der Waals surface area contributed by atoms with Gasteiger partial charge in [-0.15, -0.1) is 0 Å². The van der Waals surface area contributed by atoms with Crippen molar-refractivity contribution in [3.63, 3.8) is 0 Å². The van der Waals surface area contributed by atoms with Gasteiger partial charge in [-0.25, -0.2) is 4.79 Å². The summed E-state index contributed by atoms with van der Waals surface area (Å²) < 4.78 is 0. The third kappa shape index (κ3) is 3.29. The number of nitro benzene ring substituents is 2. The summed E-state index contributed by atoms with van der Waals surface area (Å²) in [5.41, 5.74) is 0.00142. The molecule has 0 bridgehead atoms. The van der Waals surface area contributed by atoms with Crippen molar-refractivity contribution in [2.75, 3.05) is 5.32 Å². The number of hydrogen-bond acceptors (Lipinski definition) is 6. The average Bonchev–Trinajstić information content (AvgIpc) is 2.49. The quantitative estimate of drug-likeness (QED) is 0.631. The summed E-state index contributed by atoms with van der Waals surface area (Å²) in [6.45, 7) is 3.63. The highest BCUT2D eigenvalue weighted by atomic mass is 16.6. The molecule has 0 heterocycles. The monoisotopic (exact) mass is 331 g/mol. The van der Waals surface area contributed by atoms with E-state index in [-0.39, 0.29) is 5.69 Å². The zero-order valence-electron chi connectivity index (χ0n) is 12.8. The highest BCUT2D eigenvalue weighted by Gasteiger charge is 2.27. The number of carboxylic acids is 1. The van der Waals surface area contributed by atoms with Crippen LogP contribution in [0.1, 0.15) is 21.5 Å². The number of nitrogens with zero attached hydrogens (tertiary/aromatic N) is 2. The Balaban J connectivity index is 2.68. The van der Waals surface area contributed by atoms with Crippen LogP contribution < -0.4 is 5.32 Å². The molecule has 2 N–H and O–H groups in total. The number of hydrogen-bond donors (Lipinski definition) is 2. The molecule has 2 rings (SSSR count). The van der Waals surface area contributed by atoms with E-state index in [9.17, 15) is 30.1 Å². The summed E-state index contributed by atoms with van der Waals surface area (Å²) in [5, 5.41) is 34.1. The number of benzene rings is 2. The molecule has 2 aromatic rings. The zero-order chi connectivity index (χ0) is 18.0. The minimum atomic E-state index is -1.51. The van der Waals surface area contributed by atoms with Crippen LogP contribution in [0, 0.1) is 34.1 Å². The molecule has 0 radical (unpaired) electrons. The van der Waals surface area contributed by atoms with E-state index < -0.39 is 32.8 Å². The number of carbonyl (C=O) groups is 1. The lowest BCUT2D eigenvalue weighted by molar-refractivity contribution is -0.393. The van der Waals surface area contributed by atoms with Crippen LogP contribution in [0.4, 0.5) is 22.7 Å². The molecule has 0 aliphatic heterocycles. The summed E-state index contributed by atoms with van der Waals surface area (Å²) in [6, 6.07) is 6.76. The van der Waals surface area contributed by atoms with E-state index in [1.165, 1.54) is 0 Å². The van der Waals surface area contributed by atoms with Gasteiger partial charge in [-0.3, -0.25) is 20.2 Å². The second kappa shape index (κ2) is 6.32. The number of non-ortho nitro benzene ring substituents is 1. The number of carboxylic acid groups (broad SMARTS) is 1. The molecule has 0 amide bonds. The second-order valence-corrected chi connectivity index (χ2v) is 5.15. The third-order valence-electron chi connectivity index (χ3n) is 3.38. The zero-order valence-corrected chi connectivity index (χ0v) is 12.8. The Morgan fingerprint density at radius 3 is 2.25 bits per heavy atom. The van der Waals surface area contributed by atoms with Gasteiger partial charge < -0.3 is 10.4 Å². The van der Waals surface area contributed by atoms with Crippen molar-refractivity contribution >= 4 is 28.7 Å². The summed E-state index contributed by atoms with van der Waals surface area (Å²) in [6.07, 6.45) is 0. The Morgan fingerprint density at radius 2 is 1.75 bits per heavy atom. The van der Waals surface area contributed by atoms with E-state index in [2.05, 4.69) is 5.32 Å². The van der Waals surface area contributed by atoms with Crippen LogP contribution in [0.5, 0.6) is 0 Å². The van der Waals surface area contributed by atoms with Crippen LogP contribution in [-0.4, -0.2) is 20.9 Å². The summed E-state index contributed by atoms with van der Waals surface area (Å²) in [7, 11) is 0. The Labute approximate surface area is 135 Å². The Hall–Kier alpha value is -3.49. The van der Waals surface area contributed by atoms with Gasteiger partial charge in [0.2, 0.25) is 0 Å². The minimum Gasteiger partial charge on any atom is -0.478 e. The molecule has 2 aromatic carbocycles. The maximum absolute atomic E-state index is 11.4. The second-order valence-electron chi connectivity index (χ2n) is 5.15. The molecule has 0 aliphatic carbocycles. The van der Waals surface area contributed by atoms with Crippen molar-refractivity contribution < 1.29 is 19.7 Å². The first-order valence-corrected chi connectivity index (χ1v) is 6.75. The predicted octanol–water partition coefficient (Wildman–Crippen LogP) is 3.56. The van der Waals surface area contributed by atoms with Crippen LogP contribution in [0.2, 0.25) is 0 Å². The van der Waals surface area contributed by atoms with E-state index in [1.807, 2.05) is 13.0 Å². The fourth-order valence-corrected chi connectivity index (χ4v) is 2.25. The van der Waals surface area contributed by atoms with Crippen molar-refractivity contribution in [2.45, 2.75) is 13.8 Å². The van der Waals surface area contributed by atoms with E-state index in [4.69, 9.17) is 0 Å². The van der Waals surface area contributed by atoms with Crippen LogP contribution in [0.15, 0.2) is 30.3 Å². The number of aryl methyl sites for hydroxylation is 2. The molecule has 124 valence electrons. The molecule has 0 fully saturated rings. The topological polar surface area (TPSA) is 136 Å². The first-order chi connectivity index (χ1) is 11.2. The van der Waals surface area contributed by atoms with Crippen LogP contribution >= 0.6 is 0 Å². The first kappa shape index (κ1) is 16.9. The van der Waals surface area contributed by atoms with Gasteiger partial charge in [-0.05, 0) is 25.5 Å². The molecule has 0 aromatic heterocycles. The van der Waals surface area contributed by atoms with E-state index in [0.29, 0.717) is 5.69 Å². The lowest BCUT2D eigenvalue weighted by Crippen LogP contribution is -2.08. The molecule has 0 atom stereocenters.